The van der Waals surface area contributed by atoms with Gasteiger partial charge < -0.3 is 15.5 Å². The third-order valence-corrected chi connectivity index (χ3v) is 5.43. The number of anilines is 3. The Hall–Kier alpha value is -3.84. The number of nitrogens with one attached hydrogen (secondary N) is 2. The van der Waals surface area contributed by atoms with Crippen LogP contribution >= 0.6 is 0 Å². The average molecular weight is 454 g/mol. The van der Waals surface area contributed by atoms with Gasteiger partial charge in [-0.3, -0.25) is 0 Å². The molecule has 0 radical (unpaired) electrons. The van der Waals surface area contributed by atoms with E-state index >= 15 is 0 Å². The summed E-state index contributed by atoms with van der Waals surface area (Å²) in [6, 6.07) is 24.7. The molecule has 4 aromatic rings. The molecule has 2 aromatic heterocycles. The van der Waals surface area contributed by atoms with E-state index in [9.17, 15) is 0 Å². The smallest absolute Gasteiger partial charge is 0.224 e. The van der Waals surface area contributed by atoms with Gasteiger partial charge in [-0.1, -0.05) is 74.5 Å². The Kier molecular flexibility index (Phi) is 7.78. The first-order chi connectivity index (χ1) is 16.6. The van der Waals surface area contributed by atoms with Gasteiger partial charge in [-0.15, -0.1) is 0 Å². The number of hydrogen-bond donors (Lipinski definition) is 2. The van der Waals surface area contributed by atoms with Crippen molar-refractivity contribution in [3.63, 3.8) is 0 Å². The molecule has 0 aliphatic rings. The molecule has 0 aliphatic carbocycles. The van der Waals surface area contributed by atoms with Crippen molar-refractivity contribution in [2.45, 2.75) is 32.4 Å². The molecule has 4 rings (SSSR count). The topological polar surface area (TPSA) is 78.9 Å². The van der Waals surface area contributed by atoms with Crippen molar-refractivity contribution in [2.24, 2.45) is 0 Å². The molecule has 0 fully saturated rings. The van der Waals surface area contributed by atoms with E-state index in [1.165, 1.54) is 5.56 Å². The Bertz CT molecular complexity index is 1170. The molecule has 0 saturated carbocycles. The van der Waals surface area contributed by atoms with E-state index in [2.05, 4.69) is 58.7 Å². The summed E-state index contributed by atoms with van der Waals surface area (Å²) in [5.74, 6) is 2.79. The lowest BCUT2D eigenvalue weighted by Gasteiger charge is -2.22. The third kappa shape index (κ3) is 6.36. The van der Waals surface area contributed by atoms with Gasteiger partial charge in [0.25, 0.3) is 0 Å². The molecule has 7 heteroatoms. The predicted octanol–water partition coefficient (Wildman–Crippen LogP) is 4.72. The highest BCUT2D eigenvalue weighted by atomic mass is 15.3. The first kappa shape index (κ1) is 23.3. The van der Waals surface area contributed by atoms with Gasteiger partial charge in [0, 0.05) is 43.6 Å². The molecule has 0 spiro atoms. The van der Waals surface area contributed by atoms with Crippen LogP contribution in [0.1, 0.15) is 19.4 Å². The summed E-state index contributed by atoms with van der Waals surface area (Å²) < 4.78 is 0. The van der Waals surface area contributed by atoms with Gasteiger partial charge in [0.2, 0.25) is 5.95 Å². The number of aromatic nitrogens is 4. The zero-order valence-corrected chi connectivity index (χ0v) is 19.9. The second-order valence-corrected chi connectivity index (χ2v) is 8.50. The summed E-state index contributed by atoms with van der Waals surface area (Å²) in [5.41, 5.74) is 2.25. The van der Waals surface area contributed by atoms with E-state index in [1.807, 2.05) is 60.5 Å². The molecule has 2 N–H and O–H groups in total. The summed E-state index contributed by atoms with van der Waals surface area (Å²) in [4.78, 5) is 20.4. The molecule has 34 heavy (non-hydrogen) atoms. The summed E-state index contributed by atoms with van der Waals surface area (Å²) in [6.45, 7) is 5.11. The molecular weight excluding hydrogens is 422 g/mol. The van der Waals surface area contributed by atoms with Crippen molar-refractivity contribution in [3.8, 4) is 11.4 Å². The number of hydrogen-bond acceptors (Lipinski definition) is 7. The van der Waals surface area contributed by atoms with Crippen molar-refractivity contribution >= 4 is 17.6 Å². The molecule has 0 saturated heterocycles. The lowest BCUT2D eigenvalue weighted by atomic mass is 10.1. The highest BCUT2D eigenvalue weighted by molar-refractivity contribution is 5.61. The van der Waals surface area contributed by atoms with Gasteiger partial charge >= 0.3 is 0 Å². The van der Waals surface area contributed by atoms with Gasteiger partial charge in [-0.25, -0.2) is 15.0 Å². The highest BCUT2D eigenvalue weighted by Crippen LogP contribution is 2.23. The Morgan fingerprint density at radius 1 is 0.794 bits per heavy atom. The fourth-order valence-corrected chi connectivity index (χ4v) is 3.62. The van der Waals surface area contributed by atoms with E-state index in [4.69, 9.17) is 9.97 Å². The van der Waals surface area contributed by atoms with Gasteiger partial charge in [-0.2, -0.15) is 4.98 Å². The minimum Gasteiger partial charge on any atom is -0.350 e. The van der Waals surface area contributed by atoms with Crippen LogP contribution in [0.3, 0.4) is 0 Å². The summed E-state index contributed by atoms with van der Waals surface area (Å²) in [7, 11) is 1.95. The van der Waals surface area contributed by atoms with Crippen molar-refractivity contribution in [3.05, 3.63) is 90.8 Å². The van der Waals surface area contributed by atoms with E-state index in [1.54, 1.807) is 12.4 Å². The van der Waals surface area contributed by atoms with Crippen molar-refractivity contribution in [2.75, 3.05) is 23.8 Å². The van der Waals surface area contributed by atoms with Gasteiger partial charge in [-0.05, 0) is 24.1 Å². The molecule has 174 valence electrons. The van der Waals surface area contributed by atoms with Crippen LogP contribution in [0.25, 0.3) is 11.4 Å². The van der Waals surface area contributed by atoms with Crippen LogP contribution in [0.4, 0.5) is 17.6 Å². The molecule has 0 unspecified atom stereocenters. The summed E-state index contributed by atoms with van der Waals surface area (Å²) in [6.07, 6.45) is 4.42. The van der Waals surface area contributed by atoms with E-state index in [0.717, 1.165) is 30.2 Å². The number of nitrogens with zero attached hydrogens (tertiary/aromatic N) is 5. The SMILES string of the molecule is CC(C)NC[C@@H](Cc1ccccc1)Nc1nccc(N(C)c2ccnc(-c3ccccc3)n2)n1. The maximum absolute atomic E-state index is 4.78. The molecule has 0 bridgehead atoms. The zero-order valence-electron chi connectivity index (χ0n) is 19.9. The quantitative estimate of drug-likeness (QED) is 0.360. The van der Waals surface area contributed by atoms with Gasteiger partial charge in [0.15, 0.2) is 5.82 Å². The molecule has 2 aromatic carbocycles. The zero-order chi connectivity index (χ0) is 23.8. The summed E-state index contributed by atoms with van der Waals surface area (Å²) in [5, 5.41) is 7.05. The van der Waals surface area contributed by atoms with Crippen molar-refractivity contribution in [1.29, 1.82) is 0 Å². The number of benzene rings is 2. The standard InChI is InChI=1S/C27H31N7/c1-20(2)30-19-23(18-21-10-6-4-7-11-21)31-27-29-17-15-25(33-27)34(3)24-14-16-28-26(32-24)22-12-8-5-9-13-22/h4-17,20,23,30H,18-19H2,1-3H3,(H,29,31,33)/t23-/m1/s1. The van der Waals surface area contributed by atoms with Crippen LogP contribution in [0.15, 0.2) is 85.2 Å². The lowest BCUT2D eigenvalue weighted by molar-refractivity contribution is 0.539. The number of rotatable bonds is 10. The molecule has 0 amide bonds. The Morgan fingerprint density at radius 2 is 1.44 bits per heavy atom. The van der Waals surface area contributed by atoms with Crippen LogP contribution < -0.4 is 15.5 Å². The Labute approximate surface area is 201 Å². The first-order valence-corrected chi connectivity index (χ1v) is 11.6. The van der Waals surface area contributed by atoms with Crippen molar-refractivity contribution < 1.29 is 0 Å². The molecule has 1 atom stereocenters. The molecule has 7 nitrogen and oxygen atoms in total. The van der Waals surface area contributed by atoms with Gasteiger partial charge in [0.05, 0.1) is 0 Å². The maximum Gasteiger partial charge on any atom is 0.224 e. The third-order valence-electron chi connectivity index (χ3n) is 5.43. The van der Waals surface area contributed by atoms with E-state index in [-0.39, 0.29) is 6.04 Å². The van der Waals surface area contributed by atoms with Crippen LogP contribution in [0.5, 0.6) is 0 Å². The Balaban J connectivity index is 1.52. The van der Waals surface area contributed by atoms with Crippen LogP contribution in [-0.4, -0.2) is 45.6 Å². The molecule has 2 heterocycles. The van der Waals surface area contributed by atoms with Crippen LogP contribution in [0.2, 0.25) is 0 Å². The highest BCUT2D eigenvalue weighted by Gasteiger charge is 2.14. The van der Waals surface area contributed by atoms with E-state index in [0.29, 0.717) is 17.8 Å². The van der Waals surface area contributed by atoms with Crippen LogP contribution in [0, 0.1) is 0 Å². The Morgan fingerprint density at radius 3 is 2.15 bits per heavy atom. The molecule has 0 aliphatic heterocycles. The minimum atomic E-state index is 0.147. The fourth-order valence-electron chi connectivity index (χ4n) is 3.62. The van der Waals surface area contributed by atoms with E-state index < -0.39 is 0 Å². The van der Waals surface area contributed by atoms with Crippen LogP contribution in [-0.2, 0) is 6.42 Å². The van der Waals surface area contributed by atoms with Gasteiger partial charge in [0.1, 0.15) is 11.6 Å². The largest absolute Gasteiger partial charge is 0.350 e. The monoisotopic (exact) mass is 453 g/mol. The second-order valence-electron chi connectivity index (χ2n) is 8.50. The second kappa shape index (κ2) is 11.3. The summed E-state index contributed by atoms with van der Waals surface area (Å²) >= 11 is 0. The molecular formula is C27H31N7. The van der Waals surface area contributed by atoms with Crippen molar-refractivity contribution in [1.82, 2.24) is 25.3 Å². The predicted molar refractivity (Wildman–Crippen MR) is 138 cm³/mol. The lowest BCUT2D eigenvalue weighted by Crippen LogP contribution is -2.38. The maximum atomic E-state index is 4.78. The fraction of sp³-hybridized carbons (Fsp3) is 0.259. The first-order valence-electron chi connectivity index (χ1n) is 11.6. The average Bonchev–Trinajstić information content (AvgIpc) is 2.88. The normalized spacial score (nSPS) is 11.9. The minimum absolute atomic E-state index is 0.147.